The van der Waals surface area contributed by atoms with Gasteiger partial charge in [0.15, 0.2) is 11.9 Å². The van der Waals surface area contributed by atoms with Gasteiger partial charge in [-0.15, -0.1) is 0 Å². The molecule has 4 rings (SSSR count). The SMILES string of the molecule is CC(C(=O)Nc1ccon1)[N+]12CCC(CC1)C(O)C2. The number of anilines is 1. The van der Waals surface area contributed by atoms with Gasteiger partial charge in [-0.2, -0.15) is 0 Å². The molecule has 2 atom stereocenters. The molecule has 0 aromatic carbocycles. The van der Waals surface area contributed by atoms with Gasteiger partial charge in [-0.1, -0.05) is 5.16 Å². The Hall–Kier alpha value is -1.40. The number of aliphatic hydroxyl groups is 1. The first-order valence-corrected chi connectivity index (χ1v) is 6.86. The second kappa shape index (κ2) is 4.61. The highest BCUT2D eigenvalue weighted by Gasteiger charge is 2.50. The van der Waals surface area contributed by atoms with Crippen LogP contribution in [0.1, 0.15) is 19.8 Å². The van der Waals surface area contributed by atoms with Gasteiger partial charge in [-0.25, -0.2) is 0 Å². The number of piperidine rings is 3. The molecule has 19 heavy (non-hydrogen) atoms. The molecule has 3 aliphatic heterocycles. The lowest BCUT2D eigenvalue weighted by Crippen LogP contribution is -2.69. The summed E-state index contributed by atoms with van der Waals surface area (Å²) >= 11 is 0. The van der Waals surface area contributed by atoms with Gasteiger partial charge in [0.1, 0.15) is 18.9 Å². The molecule has 2 bridgehead atoms. The molecule has 6 heteroatoms. The summed E-state index contributed by atoms with van der Waals surface area (Å²) in [4.78, 5) is 12.3. The number of hydrogen-bond acceptors (Lipinski definition) is 4. The molecule has 1 aromatic heterocycles. The number of fused-ring (bicyclic) bond motifs is 3. The first-order valence-electron chi connectivity index (χ1n) is 6.86. The molecule has 3 aliphatic rings. The normalized spacial score (nSPS) is 35.1. The van der Waals surface area contributed by atoms with Crippen LogP contribution in [0.5, 0.6) is 0 Å². The minimum Gasteiger partial charge on any atom is -0.387 e. The number of amides is 1. The van der Waals surface area contributed by atoms with E-state index in [1.54, 1.807) is 6.07 Å². The minimum absolute atomic E-state index is 0.0542. The fourth-order valence-corrected chi connectivity index (χ4v) is 3.49. The van der Waals surface area contributed by atoms with Crippen LogP contribution in [0.3, 0.4) is 0 Å². The maximum atomic E-state index is 12.3. The Morgan fingerprint density at radius 2 is 2.32 bits per heavy atom. The Morgan fingerprint density at radius 3 is 2.89 bits per heavy atom. The molecule has 1 amide bonds. The Morgan fingerprint density at radius 1 is 1.58 bits per heavy atom. The summed E-state index contributed by atoms with van der Waals surface area (Å²) in [6, 6.07) is 1.45. The average molecular weight is 266 g/mol. The fraction of sp³-hybridized carbons (Fsp3) is 0.692. The van der Waals surface area contributed by atoms with Crippen LogP contribution in [-0.2, 0) is 4.79 Å². The molecular weight excluding hydrogens is 246 g/mol. The van der Waals surface area contributed by atoms with Crippen molar-refractivity contribution >= 4 is 11.7 Å². The van der Waals surface area contributed by atoms with Crippen LogP contribution in [0.15, 0.2) is 16.9 Å². The third-order valence-electron chi connectivity index (χ3n) is 4.88. The second-order valence-electron chi connectivity index (χ2n) is 5.80. The van der Waals surface area contributed by atoms with Gasteiger partial charge in [-0.3, -0.25) is 4.79 Å². The summed E-state index contributed by atoms with van der Waals surface area (Å²) in [6.07, 6.45) is 3.21. The monoisotopic (exact) mass is 266 g/mol. The van der Waals surface area contributed by atoms with E-state index >= 15 is 0 Å². The maximum Gasteiger partial charge on any atom is 0.283 e. The molecule has 1 aromatic rings. The lowest BCUT2D eigenvalue weighted by Gasteiger charge is -2.53. The molecular formula is C13H20N3O3+. The summed E-state index contributed by atoms with van der Waals surface area (Å²) < 4.78 is 5.40. The topological polar surface area (TPSA) is 75.4 Å². The van der Waals surface area contributed by atoms with E-state index in [4.69, 9.17) is 4.52 Å². The van der Waals surface area contributed by atoms with Gasteiger partial charge in [0.2, 0.25) is 0 Å². The van der Waals surface area contributed by atoms with Gasteiger partial charge in [0.05, 0.1) is 13.1 Å². The van der Waals surface area contributed by atoms with Crippen LogP contribution >= 0.6 is 0 Å². The molecule has 0 radical (unpaired) electrons. The molecule has 2 N–H and O–H groups in total. The standard InChI is InChI=1S/C13H19N3O3/c1-9(13(18)14-12-4-7-19-15-12)16-5-2-10(3-6-16)11(17)8-16/h4,7,9-11,17H,2-3,5-6,8H2,1H3/p+1. The highest BCUT2D eigenvalue weighted by atomic mass is 16.5. The maximum absolute atomic E-state index is 12.3. The number of hydrogen-bond donors (Lipinski definition) is 2. The van der Waals surface area contributed by atoms with Gasteiger partial charge < -0.3 is 19.4 Å². The zero-order chi connectivity index (χ0) is 13.5. The van der Waals surface area contributed by atoms with E-state index in [-0.39, 0.29) is 18.1 Å². The third-order valence-corrected chi connectivity index (χ3v) is 4.88. The largest absolute Gasteiger partial charge is 0.387 e. The van der Waals surface area contributed by atoms with Gasteiger partial charge >= 0.3 is 0 Å². The first kappa shape index (κ1) is 12.6. The Balaban J connectivity index is 1.72. The fourth-order valence-electron chi connectivity index (χ4n) is 3.49. The van der Waals surface area contributed by atoms with Crippen molar-refractivity contribution in [3.8, 4) is 0 Å². The Kier molecular flexibility index (Phi) is 3.06. The van der Waals surface area contributed by atoms with Crippen LogP contribution in [0.2, 0.25) is 0 Å². The van der Waals surface area contributed by atoms with Crippen molar-refractivity contribution in [1.82, 2.24) is 5.16 Å². The van der Waals surface area contributed by atoms with Crippen molar-refractivity contribution in [1.29, 1.82) is 0 Å². The van der Waals surface area contributed by atoms with Crippen molar-refractivity contribution in [2.75, 3.05) is 25.0 Å². The highest BCUT2D eigenvalue weighted by Crippen LogP contribution is 2.36. The van der Waals surface area contributed by atoms with Gasteiger partial charge in [0.25, 0.3) is 5.91 Å². The highest BCUT2D eigenvalue weighted by molar-refractivity contribution is 5.92. The molecule has 6 nitrogen and oxygen atoms in total. The van der Waals surface area contributed by atoms with Crippen LogP contribution < -0.4 is 5.32 Å². The number of aromatic nitrogens is 1. The van der Waals surface area contributed by atoms with Crippen LogP contribution in [0.4, 0.5) is 5.82 Å². The summed E-state index contributed by atoms with van der Waals surface area (Å²) in [6.45, 7) is 4.59. The molecule has 104 valence electrons. The zero-order valence-corrected chi connectivity index (χ0v) is 11.1. The lowest BCUT2D eigenvalue weighted by molar-refractivity contribution is -0.958. The number of rotatable bonds is 3. The van der Waals surface area contributed by atoms with Crippen molar-refractivity contribution in [3.63, 3.8) is 0 Å². The number of nitrogens with one attached hydrogen (secondary N) is 1. The van der Waals surface area contributed by atoms with Crippen molar-refractivity contribution < 1.29 is 18.9 Å². The van der Waals surface area contributed by atoms with Crippen molar-refractivity contribution in [3.05, 3.63) is 12.3 Å². The van der Waals surface area contributed by atoms with E-state index in [2.05, 4.69) is 10.5 Å². The van der Waals surface area contributed by atoms with Crippen molar-refractivity contribution in [2.24, 2.45) is 5.92 Å². The number of carbonyl (C=O) groups is 1. The van der Waals surface area contributed by atoms with E-state index < -0.39 is 0 Å². The number of carbonyl (C=O) groups excluding carboxylic acids is 1. The molecule has 3 saturated heterocycles. The smallest absolute Gasteiger partial charge is 0.283 e. The minimum atomic E-state index is -0.259. The van der Waals surface area contributed by atoms with Crippen LogP contribution in [-0.4, -0.2) is 52.4 Å². The second-order valence-corrected chi connectivity index (χ2v) is 5.80. The van der Waals surface area contributed by atoms with E-state index in [0.717, 1.165) is 25.9 Å². The van der Waals surface area contributed by atoms with Crippen LogP contribution in [0, 0.1) is 5.92 Å². The predicted molar refractivity (Wildman–Crippen MR) is 68.2 cm³/mol. The molecule has 4 heterocycles. The summed E-state index contributed by atoms with van der Waals surface area (Å²) in [5.41, 5.74) is 0. The van der Waals surface area contributed by atoms with Crippen molar-refractivity contribution in [2.45, 2.75) is 31.9 Å². The van der Waals surface area contributed by atoms with Gasteiger partial charge in [0, 0.05) is 24.8 Å². The number of aliphatic hydroxyl groups excluding tert-OH is 1. The first-order chi connectivity index (χ1) is 9.11. The Labute approximate surface area is 112 Å². The number of quaternary nitrogens is 1. The van der Waals surface area contributed by atoms with E-state index in [1.807, 2.05) is 6.92 Å². The average Bonchev–Trinajstić information content (AvgIpc) is 2.91. The lowest BCUT2D eigenvalue weighted by atomic mass is 9.82. The zero-order valence-electron chi connectivity index (χ0n) is 11.1. The summed E-state index contributed by atoms with van der Waals surface area (Å²) in [5, 5.41) is 16.5. The molecule has 0 aliphatic carbocycles. The van der Waals surface area contributed by atoms with E-state index in [9.17, 15) is 9.90 Å². The van der Waals surface area contributed by atoms with Gasteiger partial charge in [-0.05, 0) is 6.92 Å². The predicted octanol–water partition coefficient (Wildman–Crippen LogP) is 0.603. The summed E-state index contributed by atoms with van der Waals surface area (Å²) in [7, 11) is 0. The van der Waals surface area contributed by atoms with E-state index in [1.165, 1.54) is 6.26 Å². The molecule has 0 spiro atoms. The molecule has 0 saturated carbocycles. The van der Waals surface area contributed by atoms with Crippen LogP contribution in [0.25, 0.3) is 0 Å². The summed E-state index contributed by atoms with van der Waals surface area (Å²) in [5.74, 6) is 0.828. The van der Waals surface area contributed by atoms with E-state index in [0.29, 0.717) is 22.8 Å². The Bertz CT molecular complexity index is 452. The molecule has 2 unspecified atom stereocenters. The quantitative estimate of drug-likeness (QED) is 0.786. The number of nitrogens with zero attached hydrogens (tertiary/aromatic N) is 2. The molecule has 3 fully saturated rings. The third kappa shape index (κ3) is 2.15.